The van der Waals surface area contributed by atoms with Gasteiger partial charge in [-0.3, -0.25) is 4.90 Å². The van der Waals surface area contributed by atoms with Crippen LogP contribution in [0.3, 0.4) is 0 Å². The van der Waals surface area contributed by atoms with E-state index >= 15 is 0 Å². The van der Waals surface area contributed by atoms with Crippen molar-refractivity contribution in [3.8, 4) is 6.07 Å². The van der Waals surface area contributed by atoms with Crippen LogP contribution in [0, 0.1) is 11.3 Å². The monoisotopic (exact) mass is 172 g/mol. The highest BCUT2D eigenvalue weighted by molar-refractivity contribution is 7.19. The second kappa shape index (κ2) is 4.04. The maximum atomic E-state index is 8.83. The average molecular weight is 172 g/mol. The number of nitriles is 1. The third kappa shape index (κ3) is 2.77. The molecule has 3 heteroatoms. The predicted octanol–water partition coefficient (Wildman–Crippen LogP) is 1.83. The lowest BCUT2D eigenvalue weighted by molar-refractivity contribution is 0.185. The van der Waals surface area contributed by atoms with E-state index in [1.807, 2.05) is 6.92 Å². The minimum atomic E-state index is -0.414. The van der Waals surface area contributed by atoms with Crippen LogP contribution in [-0.4, -0.2) is 22.8 Å². The molecule has 0 fully saturated rings. The lowest BCUT2D eigenvalue weighted by Crippen LogP contribution is -2.44. The molecule has 0 saturated carbocycles. The van der Waals surface area contributed by atoms with Gasteiger partial charge < -0.3 is 0 Å². The molecule has 0 aromatic carbocycles. The van der Waals surface area contributed by atoms with Crippen molar-refractivity contribution >= 4 is 9.24 Å². The van der Waals surface area contributed by atoms with Crippen molar-refractivity contribution in [1.82, 2.24) is 4.90 Å². The van der Waals surface area contributed by atoms with E-state index < -0.39 is 5.28 Å². The highest BCUT2D eigenvalue weighted by Crippen LogP contribution is 2.23. The first-order valence-electron chi connectivity index (χ1n) is 3.92. The highest BCUT2D eigenvalue weighted by atomic mass is 31.0. The normalized spacial score (nSPS) is 16.5. The molecule has 0 aliphatic heterocycles. The summed E-state index contributed by atoms with van der Waals surface area (Å²) < 4.78 is 0. The van der Waals surface area contributed by atoms with Gasteiger partial charge >= 0.3 is 0 Å². The fourth-order valence-corrected chi connectivity index (χ4v) is 1.77. The van der Waals surface area contributed by atoms with Gasteiger partial charge in [-0.1, -0.05) is 6.92 Å². The van der Waals surface area contributed by atoms with Gasteiger partial charge in [0.15, 0.2) is 0 Å². The average Bonchev–Trinajstić information content (AvgIpc) is 1.88. The van der Waals surface area contributed by atoms with Crippen molar-refractivity contribution in [3.05, 3.63) is 0 Å². The molecule has 11 heavy (non-hydrogen) atoms. The van der Waals surface area contributed by atoms with Crippen LogP contribution in [0.5, 0.6) is 0 Å². The summed E-state index contributed by atoms with van der Waals surface area (Å²) in [5.41, 5.74) is 0. The Bertz CT molecular complexity index is 158. The summed E-state index contributed by atoms with van der Waals surface area (Å²) in [5.74, 6) is 0. The SMILES string of the molecule is CCN(C(C)C)C(C)(P)C#N. The molecule has 2 atom stereocenters. The van der Waals surface area contributed by atoms with Crippen LogP contribution in [0.25, 0.3) is 0 Å². The Morgan fingerprint density at radius 2 is 2.09 bits per heavy atom. The maximum absolute atomic E-state index is 8.83. The fraction of sp³-hybridized carbons (Fsp3) is 0.875. The molecule has 0 aliphatic rings. The first-order valence-corrected chi connectivity index (χ1v) is 4.50. The summed E-state index contributed by atoms with van der Waals surface area (Å²) >= 11 is 0. The van der Waals surface area contributed by atoms with Gasteiger partial charge in [0.2, 0.25) is 0 Å². The first-order chi connectivity index (χ1) is 4.95. The van der Waals surface area contributed by atoms with E-state index in [0.717, 1.165) is 6.54 Å². The molecule has 0 radical (unpaired) electrons. The Balaban J connectivity index is 4.39. The molecular formula is C8H17N2P. The molecule has 0 rings (SSSR count). The molecule has 0 aromatic heterocycles. The molecule has 0 bridgehead atoms. The number of nitrogens with zero attached hydrogens (tertiary/aromatic N) is 2. The Morgan fingerprint density at radius 1 is 1.64 bits per heavy atom. The van der Waals surface area contributed by atoms with Crippen molar-refractivity contribution in [2.45, 2.75) is 39.0 Å². The smallest absolute Gasteiger partial charge is 0.120 e. The molecule has 0 N–H and O–H groups in total. The second-order valence-electron chi connectivity index (χ2n) is 3.14. The van der Waals surface area contributed by atoms with E-state index in [0.29, 0.717) is 6.04 Å². The summed E-state index contributed by atoms with van der Waals surface area (Å²) in [6.07, 6.45) is 0. The van der Waals surface area contributed by atoms with E-state index in [-0.39, 0.29) is 0 Å². The summed E-state index contributed by atoms with van der Waals surface area (Å²) in [6, 6.07) is 2.68. The molecule has 0 aromatic rings. The third-order valence-electron chi connectivity index (χ3n) is 1.79. The van der Waals surface area contributed by atoms with Crippen LogP contribution in [0.2, 0.25) is 0 Å². The third-order valence-corrected chi connectivity index (χ3v) is 2.25. The van der Waals surface area contributed by atoms with Crippen molar-refractivity contribution in [3.63, 3.8) is 0 Å². The minimum Gasteiger partial charge on any atom is -0.281 e. The number of hydrogen-bond acceptors (Lipinski definition) is 2. The molecule has 0 spiro atoms. The van der Waals surface area contributed by atoms with Crippen molar-refractivity contribution < 1.29 is 0 Å². The predicted molar refractivity (Wildman–Crippen MR) is 51.2 cm³/mol. The van der Waals surface area contributed by atoms with Gasteiger partial charge in [0.05, 0.1) is 6.07 Å². The summed E-state index contributed by atoms with van der Waals surface area (Å²) in [7, 11) is 2.59. The lowest BCUT2D eigenvalue weighted by atomic mass is 10.2. The van der Waals surface area contributed by atoms with Gasteiger partial charge in [0.25, 0.3) is 0 Å². The van der Waals surface area contributed by atoms with Crippen molar-refractivity contribution in [2.24, 2.45) is 0 Å². The zero-order valence-electron chi connectivity index (χ0n) is 7.76. The largest absolute Gasteiger partial charge is 0.281 e. The highest BCUT2D eigenvalue weighted by Gasteiger charge is 2.26. The Labute approximate surface area is 71.8 Å². The van der Waals surface area contributed by atoms with Crippen LogP contribution in [-0.2, 0) is 0 Å². The standard InChI is InChI=1S/C8H17N2P/c1-5-10(7(2)3)8(4,11)6-9/h7H,5,11H2,1-4H3. The van der Waals surface area contributed by atoms with E-state index in [1.165, 1.54) is 0 Å². The number of hydrogen-bond donors (Lipinski definition) is 0. The molecule has 64 valence electrons. The Hall–Kier alpha value is -0.120. The van der Waals surface area contributed by atoms with Crippen molar-refractivity contribution in [2.75, 3.05) is 6.54 Å². The van der Waals surface area contributed by atoms with Gasteiger partial charge in [-0.15, -0.1) is 9.24 Å². The van der Waals surface area contributed by atoms with Gasteiger partial charge in [-0.05, 0) is 27.3 Å². The zero-order valence-corrected chi connectivity index (χ0v) is 8.91. The quantitative estimate of drug-likeness (QED) is 0.607. The molecule has 2 nitrogen and oxygen atoms in total. The molecule has 0 heterocycles. The topological polar surface area (TPSA) is 27.0 Å². The van der Waals surface area contributed by atoms with Crippen molar-refractivity contribution in [1.29, 1.82) is 5.26 Å². The van der Waals surface area contributed by atoms with Gasteiger partial charge in [0.1, 0.15) is 5.28 Å². The van der Waals surface area contributed by atoms with E-state index in [9.17, 15) is 0 Å². The van der Waals surface area contributed by atoms with E-state index in [4.69, 9.17) is 5.26 Å². The summed E-state index contributed by atoms with van der Waals surface area (Å²) in [5, 5.41) is 8.42. The van der Waals surface area contributed by atoms with Crippen LogP contribution in [0.15, 0.2) is 0 Å². The fourth-order valence-electron chi connectivity index (χ4n) is 1.29. The minimum absolute atomic E-state index is 0.414. The Kier molecular flexibility index (Phi) is 4.00. The molecule has 0 aliphatic carbocycles. The molecule has 2 unspecified atom stereocenters. The summed E-state index contributed by atoms with van der Waals surface area (Å²) in [6.45, 7) is 9.10. The zero-order chi connectivity index (χ0) is 9.07. The number of rotatable bonds is 3. The lowest BCUT2D eigenvalue weighted by Gasteiger charge is -2.35. The van der Waals surface area contributed by atoms with E-state index in [1.54, 1.807) is 0 Å². The summed E-state index contributed by atoms with van der Waals surface area (Å²) in [4.78, 5) is 2.14. The van der Waals surface area contributed by atoms with E-state index in [2.05, 4.69) is 41.0 Å². The first kappa shape index (κ1) is 10.9. The van der Waals surface area contributed by atoms with Gasteiger partial charge in [0, 0.05) is 6.04 Å². The second-order valence-corrected chi connectivity index (χ2v) is 4.26. The van der Waals surface area contributed by atoms with Gasteiger partial charge in [-0.2, -0.15) is 5.26 Å². The maximum Gasteiger partial charge on any atom is 0.120 e. The van der Waals surface area contributed by atoms with Crippen LogP contribution in [0.4, 0.5) is 0 Å². The molecule has 0 saturated heterocycles. The molecular weight excluding hydrogens is 155 g/mol. The molecule has 0 amide bonds. The van der Waals surface area contributed by atoms with Crippen LogP contribution in [0.1, 0.15) is 27.7 Å². The van der Waals surface area contributed by atoms with Gasteiger partial charge in [-0.25, -0.2) is 0 Å². The Morgan fingerprint density at radius 3 is 2.18 bits per heavy atom. The van der Waals surface area contributed by atoms with Crippen LogP contribution >= 0.6 is 9.24 Å². The van der Waals surface area contributed by atoms with Crippen LogP contribution < -0.4 is 0 Å².